The summed E-state index contributed by atoms with van der Waals surface area (Å²) in [6.07, 6.45) is 0. The minimum atomic E-state index is -1.33. The lowest BCUT2D eigenvalue weighted by Crippen LogP contribution is -2.01. The predicted octanol–water partition coefficient (Wildman–Crippen LogP) is 0.872. The van der Waals surface area contributed by atoms with Crippen molar-refractivity contribution in [2.24, 2.45) is 0 Å². The van der Waals surface area contributed by atoms with E-state index in [1.807, 2.05) is 4.98 Å². The molecule has 6 heteroatoms. The molecule has 0 unspecified atom stereocenters. The molecule has 0 saturated carbocycles. The van der Waals surface area contributed by atoms with Gasteiger partial charge in [-0.25, -0.2) is 8.78 Å². The summed E-state index contributed by atoms with van der Waals surface area (Å²) in [5, 5.41) is 8.86. The van der Waals surface area contributed by atoms with Crippen molar-refractivity contribution in [1.82, 2.24) is 4.98 Å². The van der Waals surface area contributed by atoms with E-state index in [1.165, 1.54) is 0 Å². The van der Waals surface area contributed by atoms with Gasteiger partial charge in [0.05, 0.1) is 5.52 Å². The van der Waals surface area contributed by atoms with Gasteiger partial charge in [0.25, 0.3) is 5.56 Å². The van der Waals surface area contributed by atoms with Gasteiger partial charge in [-0.1, -0.05) is 0 Å². The molecular weight excluding hydrogens is 220 g/mol. The number of hydrogen-bond acceptors (Lipinski definition) is 3. The van der Waals surface area contributed by atoms with Crippen LogP contribution < -0.4 is 11.0 Å². The van der Waals surface area contributed by atoms with Crippen LogP contribution in [0.3, 0.4) is 0 Å². The number of aromatic amines is 1. The summed E-state index contributed by atoms with van der Waals surface area (Å²) < 4.78 is 26.2. The first-order valence-corrected chi connectivity index (χ1v) is 4.25. The fourth-order valence-corrected chi connectivity index (χ4v) is 1.32. The summed E-state index contributed by atoms with van der Waals surface area (Å²) >= 11 is 0. The van der Waals surface area contributed by atoms with Crippen LogP contribution in [0.15, 0.2) is 27.8 Å². The van der Waals surface area contributed by atoms with Gasteiger partial charge in [-0.2, -0.15) is 0 Å². The van der Waals surface area contributed by atoms with Gasteiger partial charge in [0.1, 0.15) is 0 Å². The highest BCUT2D eigenvalue weighted by atomic mass is 19.2. The molecule has 0 aliphatic rings. The van der Waals surface area contributed by atoms with Gasteiger partial charge in [-0.3, -0.25) is 9.59 Å². The van der Waals surface area contributed by atoms with Crippen LogP contribution in [0.5, 0.6) is 5.75 Å². The summed E-state index contributed by atoms with van der Waals surface area (Å²) in [6, 6.07) is 2.46. The third-order valence-electron chi connectivity index (χ3n) is 2.10. The molecule has 0 atom stereocenters. The van der Waals surface area contributed by atoms with Crippen molar-refractivity contribution in [2.75, 3.05) is 0 Å². The Labute approximate surface area is 86.8 Å². The lowest BCUT2D eigenvalue weighted by molar-refractivity contribution is 0.467. The summed E-state index contributed by atoms with van der Waals surface area (Å²) in [7, 11) is 0. The topological polar surface area (TPSA) is 70.2 Å². The van der Waals surface area contributed by atoms with E-state index in [9.17, 15) is 18.4 Å². The van der Waals surface area contributed by atoms with Gasteiger partial charge >= 0.3 is 0 Å². The number of fused-ring (bicyclic) bond motifs is 1. The molecule has 0 spiro atoms. The maximum absolute atomic E-state index is 13.3. The Balaban J connectivity index is 3.17. The number of halogens is 2. The number of aromatic nitrogens is 1. The minimum Gasteiger partial charge on any atom is -0.503 e. The Hall–Kier alpha value is -2.24. The van der Waals surface area contributed by atoms with Gasteiger partial charge in [-0.15, -0.1) is 0 Å². The zero-order valence-corrected chi connectivity index (χ0v) is 7.75. The van der Waals surface area contributed by atoms with E-state index >= 15 is 0 Å². The van der Waals surface area contributed by atoms with E-state index in [2.05, 4.69) is 0 Å². The SMILES string of the molecule is O=c1[nH]c2c(F)c(F)ccc2c(=O)cc1O. The average Bonchev–Trinajstić information content (AvgIpc) is 2.33. The molecule has 0 amide bonds. The first-order chi connectivity index (χ1) is 7.50. The van der Waals surface area contributed by atoms with Crippen LogP contribution in [-0.4, -0.2) is 10.1 Å². The molecule has 0 saturated heterocycles. The average molecular weight is 225 g/mol. The maximum atomic E-state index is 13.3. The number of hydrogen-bond donors (Lipinski definition) is 2. The zero-order valence-electron chi connectivity index (χ0n) is 7.75. The van der Waals surface area contributed by atoms with E-state index in [0.29, 0.717) is 6.07 Å². The van der Waals surface area contributed by atoms with E-state index < -0.39 is 33.9 Å². The Morgan fingerprint density at radius 1 is 1.19 bits per heavy atom. The van der Waals surface area contributed by atoms with Crippen molar-refractivity contribution in [3.63, 3.8) is 0 Å². The molecule has 1 heterocycles. The third-order valence-corrected chi connectivity index (χ3v) is 2.10. The highest BCUT2D eigenvalue weighted by molar-refractivity contribution is 5.78. The molecule has 4 nitrogen and oxygen atoms in total. The quantitative estimate of drug-likeness (QED) is 0.698. The highest BCUT2D eigenvalue weighted by Crippen LogP contribution is 2.14. The number of benzene rings is 1. The third kappa shape index (κ3) is 1.44. The van der Waals surface area contributed by atoms with Crippen LogP contribution in [-0.2, 0) is 0 Å². The highest BCUT2D eigenvalue weighted by Gasteiger charge is 2.10. The fourth-order valence-electron chi connectivity index (χ4n) is 1.32. The standard InChI is InChI=1S/C10H5F2NO3/c11-5-2-1-4-6(14)3-7(15)10(16)13-9(4)8(5)12/h1-3,15H,(H,13,16). The van der Waals surface area contributed by atoms with Crippen molar-refractivity contribution in [3.8, 4) is 5.75 Å². The van der Waals surface area contributed by atoms with Crippen LogP contribution >= 0.6 is 0 Å². The van der Waals surface area contributed by atoms with Gasteiger partial charge in [0.15, 0.2) is 22.8 Å². The molecule has 2 rings (SSSR count). The van der Waals surface area contributed by atoms with Crippen LogP contribution in [0.1, 0.15) is 0 Å². The van der Waals surface area contributed by atoms with Crippen LogP contribution in [0.4, 0.5) is 8.78 Å². The number of rotatable bonds is 0. The Morgan fingerprint density at radius 3 is 2.56 bits per heavy atom. The van der Waals surface area contributed by atoms with Gasteiger partial charge in [0.2, 0.25) is 0 Å². The molecule has 16 heavy (non-hydrogen) atoms. The molecule has 0 bridgehead atoms. The molecule has 1 aromatic carbocycles. The summed E-state index contributed by atoms with van der Waals surface area (Å²) in [4.78, 5) is 24.4. The molecule has 2 aromatic rings. The van der Waals surface area contributed by atoms with E-state index in [-0.39, 0.29) is 5.39 Å². The Kier molecular flexibility index (Phi) is 2.19. The molecular formula is C10H5F2NO3. The molecule has 0 aliphatic heterocycles. The minimum absolute atomic E-state index is 0.212. The molecule has 0 aliphatic carbocycles. The van der Waals surface area contributed by atoms with Crippen molar-refractivity contribution >= 4 is 10.9 Å². The zero-order chi connectivity index (χ0) is 11.9. The van der Waals surface area contributed by atoms with Crippen LogP contribution in [0.25, 0.3) is 10.9 Å². The van der Waals surface area contributed by atoms with Crippen molar-refractivity contribution < 1.29 is 13.9 Å². The number of aromatic hydroxyl groups is 1. The summed E-state index contributed by atoms with van der Waals surface area (Å²) in [6.45, 7) is 0. The smallest absolute Gasteiger partial charge is 0.290 e. The molecule has 82 valence electrons. The second kappa shape index (κ2) is 3.41. The van der Waals surface area contributed by atoms with Crippen LogP contribution in [0.2, 0.25) is 0 Å². The monoisotopic (exact) mass is 225 g/mol. The lowest BCUT2D eigenvalue weighted by Gasteiger charge is -1.94. The molecule has 2 N–H and O–H groups in total. The van der Waals surface area contributed by atoms with Gasteiger partial charge in [0, 0.05) is 11.5 Å². The fraction of sp³-hybridized carbons (Fsp3) is 0. The largest absolute Gasteiger partial charge is 0.503 e. The Morgan fingerprint density at radius 2 is 1.88 bits per heavy atom. The van der Waals surface area contributed by atoms with Crippen molar-refractivity contribution in [3.05, 3.63) is 50.4 Å². The summed E-state index contributed by atoms with van der Waals surface area (Å²) in [5.74, 6) is -3.36. The molecule has 0 fully saturated rings. The maximum Gasteiger partial charge on any atom is 0.290 e. The van der Waals surface area contributed by atoms with Gasteiger partial charge in [-0.05, 0) is 12.1 Å². The molecule has 0 radical (unpaired) electrons. The lowest BCUT2D eigenvalue weighted by atomic mass is 10.2. The van der Waals surface area contributed by atoms with E-state index in [0.717, 1.165) is 12.1 Å². The van der Waals surface area contributed by atoms with Crippen LogP contribution in [0, 0.1) is 11.6 Å². The predicted molar refractivity (Wildman–Crippen MR) is 52.4 cm³/mol. The van der Waals surface area contributed by atoms with Crippen molar-refractivity contribution in [2.45, 2.75) is 0 Å². The van der Waals surface area contributed by atoms with Crippen molar-refractivity contribution in [1.29, 1.82) is 0 Å². The second-order valence-electron chi connectivity index (χ2n) is 3.13. The second-order valence-corrected chi connectivity index (χ2v) is 3.13. The molecule has 1 aromatic heterocycles. The first-order valence-electron chi connectivity index (χ1n) is 4.25. The Bertz CT molecular complexity index is 694. The van der Waals surface area contributed by atoms with E-state index in [4.69, 9.17) is 5.11 Å². The normalized spacial score (nSPS) is 10.6. The van der Waals surface area contributed by atoms with Gasteiger partial charge < -0.3 is 10.1 Å². The number of nitrogens with one attached hydrogen (secondary N) is 1. The number of H-pyrrole nitrogens is 1. The van der Waals surface area contributed by atoms with E-state index in [1.54, 1.807) is 0 Å². The summed E-state index contributed by atoms with van der Waals surface area (Å²) in [5.41, 5.74) is -2.39. The first kappa shape index (κ1) is 10.3.